The summed E-state index contributed by atoms with van der Waals surface area (Å²) in [6.07, 6.45) is -0.275. The lowest BCUT2D eigenvalue weighted by molar-refractivity contribution is -0.137. The first-order valence-electron chi connectivity index (χ1n) is 4.09. The second-order valence-corrected chi connectivity index (χ2v) is 2.81. The quantitative estimate of drug-likeness (QED) is 0.630. The van der Waals surface area contributed by atoms with Crippen molar-refractivity contribution in [2.24, 2.45) is 5.41 Å². The Labute approximate surface area is 57.7 Å². The van der Waals surface area contributed by atoms with Crippen molar-refractivity contribution in [2.45, 2.75) is 32.6 Å². The average molecular weight is 130 g/mol. The number of carboxylic acids is 1. The molecule has 0 aromatic carbocycles. The molecule has 0 aromatic heterocycles. The van der Waals surface area contributed by atoms with Gasteiger partial charge in [-0.25, -0.2) is 0 Å². The maximum atomic E-state index is 10.2. The van der Waals surface area contributed by atoms with Gasteiger partial charge in [0.1, 0.15) is 0 Å². The molecule has 0 radical (unpaired) electrons. The number of aliphatic carboxylic acids is 1. The number of hydrogen-bond donors (Lipinski definition) is 1. The maximum Gasteiger partial charge on any atom is 0.303 e. The molecule has 0 aliphatic heterocycles. The van der Waals surface area contributed by atoms with Gasteiger partial charge in [-0.15, -0.1) is 0 Å². The number of hydrogen-bond acceptors (Lipinski definition) is 1. The fourth-order valence-corrected chi connectivity index (χ4v) is 0.653. The number of carbonyl (C=O) groups is 1. The van der Waals surface area contributed by atoms with E-state index in [-0.39, 0.29) is 11.8 Å². The summed E-state index contributed by atoms with van der Waals surface area (Å²) in [5.74, 6) is -1.05. The van der Waals surface area contributed by atoms with E-state index in [0.717, 1.165) is 12.8 Å². The fraction of sp³-hybridized carbons (Fsp3) is 0.857. The zero-order chi connectivity index (χ0) is 8.70. The second kappa shape index (κ2) is 2.01. The Bertz CT molecular complexity index is 185. The molecule has 0 heterocycles. The first-order chi connectivity index (χ1) is 4.87. The van der Waals surface area contributed by atoms with Crippen LogP contribution in [0.4, 0.5) is 0 Å². The van der Waals surface area contributed by atoms with E-state index in [1.165, 1.54) is 0 Å². The smallest absolute Gasteiger partial charge is 0.303 e. The van der Waals surface area contributed by atoms with Crippen molar-refractivity contribution in [3.05, 3.63) is 0 Å². The normalized spacial score (nSPS) is 26.3. The highest BCUT2D eigenvalue weighted by Crippen LogP contribution is 2.48. The van der Waals surface area contributed by atoms with Crippen molar-refractivity contribution in [3.63, 3.8) is 0 Å². The van der Waals surface area contributed by atoms with Crippen molar-refractivity contribution in [2.75, 3.05) is 0 Å². The largest absolute Gasteiger partial charge is 0.481 e. The molecule has 1 saturated carbocycles. The van der Waals surface area contributed by atoms with Gasteiger partial charge in [-0.05, 0) is 24.6 Å². The molecule has 1 rings (SSSR count). The first kappa shape index (κ1) is 4.31. The van der Waals surface area contributed by atoms with Crippen molar-refractivity contribution < 1.29 is 12.6 Å². The van der Waals surface area contributed by atoms with E-state index in [9.17, 15) is 4.79 Å². The molecule has 1 aliphatic carbocycles. The van der Waals surface area contributed by atoms with E-state index in [4.69, 9.17) is 7.85 Å². The zero-order valence-electron chi connectivity index (χ0n) is 7.48. The lowest BCUT2D eigenvalue weighted by Gasteiger charge is -2.02. The van der Waals surface area contributed by atoms with Gasteiger partial charge in [0.25, 0.3) is 0 Å². The summed E-state index contributed by atoms with van der Waals surface area (Å²) in [7, 11) is 0. The summed E-state index contributed by atoms with van der Waals surface area (Å²) in [4.78, 5) is 10.2. The van der Waals surface area contributed by atoms with Crippen LogP contribution in [0.25, 0.3) is 0 Å². The van der Waals surface area contributed by atoms with Gasteiger partial charge >= 0.3 is 5.97 Å². The summed E-state index contributed by atoms with van der Waals surface area (Å²) in [6.45, 7) is 1.80. The van der Waals surface area contributed by atoms with Gasteiger partial charge in [-0.2, -0.15) is 0 Å². The summed E-state index contributed by atoms with van der Waals surface area (Å²) >= 11 is 0. The minimum absolute atomic E-state index is 0.370. The first-order valence-corrected chi connectivity index (χ1v) is 3.09. The Morgan fingerprint density at radius 2 is 2.44 bits per heavy atom. The molecule has 0 unspecified atom stereocenters. The molecule has 1 N–H and O–H groups in total. The van der Waals surface area contributed by atoms with Gasteiger partial charge in [0.15, 0.2) is 0 Å². The van der Waals surface area contributed by atoms with Gasteiger partial charge in [0.2, 0.25) is 0 Å². The van der Waals surface area contributed by atoms with Crippen molar-refractivity contribution in [1.29, 1.82) is 0 Å². The van der Waals surface area contributed by atoms with Crippen LogP contribution < -0.4 is 0 Å². The monoisotopic (exact) mass is 130 g/mol. The van der Waals surface area contributed by atoms with Crippen LogP contribution in [0.1, 0.15) is 35.3 Å². The molecule has 0 spiro atoms. The Hall–Kier alpha value is -0.530. The molecule has 2 nitrogen and oxygen atoms in total. The zero-order valence-corrected chi connectivity index (χ0v) is 5.48. The third kappa shape index (κ3) is 2.04. The Morgan fingerprint density at radius 1 is 1.89 bits per heavy atom. The lowest BCUT2D eigenvalue weighted by atomic mass is 10.0. The molecule has 0 amide bonds. The summed E-state index contributed by atoms with van der Waals surface area (Å²) in [5.41, 5.74) is -0.370. The van der Waals surface area contributed by atoms with Crippen LogP contribution in [0.15, 0.2) is 0 Å². The van der Waals surface area contributed by atoms with Crippen LogP contribution in [0.5, 0.6) is 0 Å². The van der Waals surface area contributed by atoms with Crippen LogP contribution in [0.3, 0.4) is 0 Å². The minimum Gasteiger partial charge on any atom is -0.481 e. The Balaban J connectivity index is 2.59. The standard InChI is InChI=1S/C7H12O2/c1-7(4-5-7)3-2-6(8)9/h2-5H2,1H3,(H,8,9)/i3D2. The minimum atomic E-state index is -1.53. The molecule has 0 aromatic rings. The predicted octanol–water partition coefficient (Wildman–Crippen LogP) is 1.65. The molecular formula is C7H12O2. The fourth-order valence-electron chi connectivity index (χ4n) is 0.653. The molecule has 1 fully saturated rings. The molecule has 2 heteroatoms. The maximum absolute atomic E-state index is 10.2. The van der Waals surface area contributed by atoms with Gasteiger partial charge in [0, 0.05) is 9.16 Å². The molecule has 9 heavy (non-hydrogen) atoms. The van der Waals surface area contributed by atoms with Crippen LogP contribution in [-0.2, 0) is 4.79 Å². The predicted molar refractivity (Wildman–Crippen MR) is 34.2 cm³/mol. The van der Waals surface area contributed by atoms with Crippen LogP contribution >= 0.6 is 0 Å². The molecule has 1 aliphatic rings. The Morgan fingerprint density at radius 3 is 2.78 bits per heavy atom. The van der Waals surface area contributed by atoms with Crippen LogP contribution in [0, 0.1) is 5.41 Å². The Kier molecular flexibility index (Phi) is 0.963. The van der Waals surface area contributed by atoms with Gasteiger partial charge in [0.05, 0.1) is 0 Å². The van der Waals surface area contributed by atoms with E-state index < -0.39 is 12.3 Å². The van der Waals surface area contributed by atoms with E-state index in [1.54, 1.807) is 6.92 Å². The van der Waals surface area contributed by atoms with Crippen molar-refractivity contribution >= 4 is 5.97 Å². The van der Waals surface area contributed by atoms with Gasteiger partial charge in [-0.3, -0.25) is 4.79 Å². The van der Waals surface area contributed by atoms with Gasteiger partial charge < -0.3 is 5.11 Å². The highest BCUT2D eigenvalue weighted by Gasteiger charge is 2.36. The topological polar surface area (TPSA) is 37.3 Å². The SMILES string of the molecule is [2H]C([2H])(CC(=O)O)C1(C)CC1. The van der Waals surface area contributed by atoms with Crippen molar-refractivity contribution in [3.8, 4) is 0 Å². The van der Waals surface area contributed by atoms with Crippen molar-refractivity contribution in [1.82, 2.24) is 0 Å². The van der Waals surface area contributed by atoms with E-state index in [1.807, 2.05) is 0 Å². The lowest BCUT2D eigenvalue weighted by Crippen LogP contribution is -2.00. The highest BCUT2D eigenvalue weighted by molar-refractivity contribution is 5.66. The van der Waals surface area contributed by atoms with E-state index in [2.05, 4.69) is 0 Å². The summed E-state index contributed by atoms with van der Waals surface area (Å²) in [5, 5.41) is 8.40. The second-order valence-electron chi connectivity index (χ2n) is 2.81. The average Bonchev–Trinajstić information content (AvgIpc) is 2.44. The van der Waals surface area contributed by atoms with Gasteiger partial charge in [-0.1, -0.05) is 6.92 Å². The number of carboxylic acid groups (broad SMARTS) is 1. The van der Waals surface area contributed by atoms with Crippen LogP contribution in [-0.4, -0.2) is 11.1 Å². The summed E-state index contributed by atoms with van der Waals surface area (Å²) in [6, 6.07) is 0. The number of rotatable bonds is 3. The molecular weight excluding hydrogens is 116 g/mol. The molecule has 0 saturated heterocycles. The third-order valence-corrected chi connectivity index (χ3v) is 1.67. The third-order valence-electron chi connectivity index (χ3n) is 1.67. The van der Waals surface area contributed by atoms with E-state index >= 15 is 0 Å². The van der Waals surface area contributed by atoms with Crippen LogP contribution in [0.2, 0.25) is 0 Å². The van der Waals surface area contributed by atoms with E-state index in [0.29, 0.717) is 0 Å². The molecule has 0 atom stereocenters. The molecule has 52 valence electrons. The summed E-state index contributed by atoms with van der Waals surface area (Å²) < 4.78 is 14.9. The molecule has 0 bridgehead atoms. The highest BCUT2D eigenvalue weighted by atomic mass is 16.4.